The van der Waals surface area contributed by atoms with Crippen LogP contribution in [0.15, 0.2) is 28.7 Å². The highest BCUT2D eigenvalue weighted by atomic mass is 16.5. The Bertz CT molecular complexity index is 671. The molecule has 21 heavy (non-hydrogen) atoms. The second-order valence-corrected chi connectivity index (χ2v) is 4.92. The summed E-state index contributed by atoms with van der Waals surface area (Å²) in [5.41, 5.74) is 0.579. The van der Waals surface area contributed by atoms with Crippen molar-refractivity contribution in [3.8, 4) is 5.75 Å². The molecule has 0 aliphatic carbocycles. The zero-order valence-corrected chi connectivity index (χ0v) is 11.7. The van der Waals surface area contributed by atoms with Gasteiger partial charge in [-0.15, -0.1) is 0 Å². The van der Waals surface area contributed by atoms with Gasteiger partial charge in [-0.2, -0.15) is 0 Å². The fourth-order valence-electron chi connectivity index (χ4n) is 2.49. The van der Waals surface area contributed by atoms with Crippen molar-refractivity contribution in [1.82, 2.24) is 9.80 Å². The Morgan fingerprint density at radius 2 is 2.05 bits per heavy atom. The van der Waals surface area contributed by atoms with Crippen molar-refractivity contribution in [3.63, 3.8) is 0 Å². The average Bonchev–Trinajstić information content (AvgIpc) is 2.98. The molecule has 0 bridgehead atoms. The summed E-state index contributed by atoms with van der Waals surface area (Å²) in [5.74, 6) is 0.755. The van der Waals surface area contributed by atoms with Gasteiger partial charge in [0.15, 0.2) is 17.1 Å². The van der Waals surface area contributed by atoms with Gasteiger partial charge in [0.25, 0.3) is 5.91 Å². The van der Waals surface area contributed by atoms with Crippen LogP contribution < -0.4 is 4.74 Å². The summed E-state index contributed by atoms with van der Waals surface area (Å²) in [5, 5.41) is 0.837. The Labute approximate surface area is 121 Å². The van der Waals surface area contributed by atoms with Crippen LogP contribution in [0.4, 0.5) is 0 Å². The lowest BCUT2D eigenvalue weighted by molar-refractivity contribution is -0.119. The van der Waals surface area contributed by atoms with Crippen LogP contribution in [0.2, 0.25) is 0 Å². The second-order valence-electron chi connectivity index (χ2n) is 4.92. The lowest BCUT2D eigenvalue weighted by Crippen LogP contribution is -2.48. The zero-order valence-electron chi connectivity index (χ0n) is 11.7. The SMILES string of the molecule is COc1cccc2cc(C(=O)N3CCN(C=O)CC3)oc12. The van der Waals surface area contributed by atoms with Crippen LogP contribution in [0.3, 0.4) is 0 Å². The molecule has 1 aromatic heterocycles. The number of furan rings is 1. The van der Waals surface area contributed by atoms with Crippen LogP contribution in [0, 0.1) is 0 Å². The van der Waals surface area contributed by atoms with Gasteiger partial charge in [0.1, 0.15) is 0 Å². The van der Waals surface area contributed by atoms with E-state index >= 15 is 0 Å². The van der Waals surface area contributed by atoms with Gasteiger partial charge >= 0.3 is 0 Å². The van der Waals surface area contributed by atoms with E-state index in [2.05, 4.69) is 0 Å². The minimum absolute atomic E-state index is 0.154. The van der Waals surface area contributed by atoms with Crippen molar-refractivity contribution >= 4 is 23.3 Å². The molecule has 6 nitrogen and oxygen atoms in total. The first kappa shape index (κ1) is 13.5. The van der Waals surface area contributed by atoms with E-state index < -0.39 is 0 Å². The molecule has 0 spiro atoms. The Kier molecular flexibility index (Phi) is 3.51. The van der Waals surface area contributed by atoms with Crippen molar-refractivity contribution < 1.29 is 18.7 Å². The van der Waals surface area contributed by atoms with E-state index in [9.17, 15) is 9.59 Å². The molecule has 2 aromatic rings. The van der Waals surface area contributed by atoms with E-state index in [1.165, 1.54) is 0 Å². The highest BCUT2D eigenvalue weighted by molar-refractivity contribution is 5.97. The van der Waals surface area contributed by atoms with E-state index in [0.717, 1.165) is 11.8 Å². The Morgan fingerprint density at radius 3 is 2.71 bits per heavy atom. The number of para-hydroxylation sites is 1. The van der Waals surface area contributed by atoms with Gasteiger partial charge < -0.3 is 19.0 Å². The van der Waals surface area contributed by atoms with Crippen LogP contribution in [-0.2, 0) is 4.79 Å². The molecule has 0 N–H and O–H groups in total. The number of carbonyl (C=O) groups is 2. The van der Waals surface area contributed by atoms with E-state index in [1.54, 1.807) is 29.0 Å². The molecule has 0 radical (unpaired) electrons. The molecule has 0 unspecified atom stereocenters. The third-order valence-corrected chi connectivity index (χ3v) is 3.69. The molecular formula is C15H16N2O4. The molecule has 2 amide bonds. The maximum Gasteiger partial charge on any atom is 0.289 e. The number of fused-ring (bicyclic) bond motifs is 1. The number of amides is 2. The van der Waals surface area contributed by atoms with Gasteiger partial charge in [0.05, 0.1) is 7.11 Å². The molecule has 0 atom stereocenters. The molecule has 110 valence electrons. The predicted octanol–water partition coefficient (Wildman–Crippen LogP) is 1.36. The van der Waals surface area contributed by atoms with E-state index in [0.29, 0.717) is 43.3 Å². The van der Waals surface area contributed by atoms with Crippen LogP contribution >= 0.6 is 0 Å². The molecule has 3 rings (SSSR count). The minimum atomic E-state index is -0.154. The summed E-state index contributed by atoms with van der Waals surface area (Å²) in [6.45, 7) is 2.15. The molecule has 1 fully saturated rings. The number of methoxy groups -OCH3 is 1. The van der Waals surface area contributed by atoms with Gasteiger partial charge in [0.2, 0.25) is 6.41 Å². The Hall–Kier alpha value is -2.50. The Balaban J connectivity index is 1.83. The lowest BCUT2D eigenvalue weighted by atomic mass is 10.2. The highest BCUT2D eigenvalue weighted by Crippen LogP contribution is 2.29. The molecular weight excluding hydrogens is 272 g/mol. The van der Waals surface area contributed by atoms with Crippen molar-refractivity contribution in [1.29, 1.82) is 0 Å². The first-order chi connectivity index (χ1) is 10.2. The summed E-state index contributed by atoms with van der Waals surface area (Å²) in [4.78, 5) is 26.5. The quantitative estimate of drug-likeness (QED) is 0.800. The van der Waals surface area contributed by atoms with Crippen LogP contribution in [0.1, 0.15) is 10.6 Å². The fraction of sp³-hybridized carbons (Fsp3) is 0.333. The summed E-state index contributed by atoms with van der Waals surface area (Å²) in [6, 6.07) is 7.26. The van der Waals surface area contributed by atoms with E-state index in [-0.39, 0.29) is 5.91 Å². The largest absolute Gasteiger partial charge is 0.493 e. The maximum atomic E-state index is 12.4. The highest BCUT2D eigenvalue weighted by Gasteiger charge is 2.24. The Morgan fingerprint density at radius 1 is 1.29 bits per heavy atom. The zero-order chi connectivity index (χ0) is 14.8. The van der Waals surface area contributed by atoms with Gasteiger partial charge in [0, 0.05) is 31.6 Å². The number of nitrogens with zero attached hydrogens (tertiary/aromatic N) is 2. The molecule has 6 heteroatoms. The summed E-state index contributed by atoms with van der Waals surface area (Å²) in [7, 11) is 1.57. The lowest BCUT2D eigenvalue weighted by Gasteiger charge is -2.31. The van der Waals surface area contributed by atoms with E-state index in [4.69, 9.17) is 9.15 Å². The van der Waals surface area contributed by atoms with Gasteiger partial charge in [-0.3, -0.25) is 9.59 Å². The molecule has 1 aliphatic heterocycles. The third kappa shape index (κ3) is 2.44. The number of hydrogen-bond donors (Lipinski definition) is 0. The molecule has 1 aliphatic rings. The number of ether oxygens (including phenoxy) is 1. The predicted molar refractivity (Wildman–Crippen MR) is 76.3 cm³/mol. The number of carbonyl (C=O) groups excluding carboxylic acids is 2. The second kappa shape index (κ2) is 5.47. The number of piperazine rings is 1. The van der Waals surface area contributed by atoms with Crippen molar-refractivity contribution in [2.75, 3.05) is 33.3 Å². The monoisotopic (exact) mass is 288 g/mol. The number of benzene rings is 1. The molecule has 1 saturated heterocycles. The summed E-state index contributed by atoms with van der Waals surface area (Å²) >= 11 is 0. The van der Waals surface area contributed by atoms with Crippen LogP contribution in [0.5, 0.6) is 5.75 Å². The number of hydrogen-bond acceptors (Lipinski definition) is 4. The van der Waals surface area contributed by atoms with Gasteiger partial charge in [-0.1, -0.05) is 12.1 Å². The molecule has 0 saturated carbocycles. The molecule has 2 heterocycles. The number of rotatable bonds is 3. The van der Waals surface area contributed by atoms with Crippen molar-refractivity contribution in [3.05, 3.63) is 30.0 Å². The fourth-order valence-corrected chi connectivity index (χ4v) is 2.49. The average molecular weight is 288 g/mol. The van der Waals surface area contributed by atoms with Gasteiger partial charge in [-0.05, 0) is 12.1 Å². The molecule has 1 aromatic carbocycles. The maximum absolute atomic E-state index is 12.4. The third-order valence-electron chi connectivity index (χ3n) is 3.69. The summed E-state index contributed by atoms with van der Waals surface area (Å²) < 4.78 is 10.9. The topological polar surface area (TPSA) is 63.0 Å². The first-order valence-corrected chi connectivity index (χ1v) is 6.78. The smallest absolute Gasteiger partial charge is 0.289 e. The van der Waals surface area contributed by atoms with Crippen molar-refractivity contribution in [2.24, 2.45) is 0 Å². The van der Waals surface area contributed by atoms with Crippen molar-refractivity contribution in [2.45, 2.75) is 0 Å². The first-order valence-electron chi connectivity index (χ1n) is 6.78. The standard InChI is InChI=1S/C15H16N2O4/c1-20-12-4-2-3-11-9-13(21-14(11)12)15(19)17-7-5-16(10-18)6-8-17/h2-4,9-10H,5-8H2,1H3. The summed E-state index contributed by atoms with van der Waals surface area (Å²) in [6.07, 6.45) is 0.813. The van der Waals surface area contributed by atoms with Crippen LogP contribution in [0.25, 0.3) is 11.0 Å². The van der Waals surface area contributed by atoms with Gasteiger partial charge in [-0.25, -0.2) is 0 Å². The van der Waals surface area contributed by atoms with Crippen LogP contribution in [-0.4, -0.2) is 55.4 Å². The minimum Gasteiger partial charge on any atom is -0.493 e. The van der Waals surface area contributed by atoms with E-state index in [1.807, 2.05) is 12.1 Å². The normalized spacial score (nSPS) is 15.3.